The van der Waals surface area contributed by atoms with Gasteiger partial charge in [0.25, 0.3) is 0 Å². The molecule has 29 heavy (non-hydrogen) atoms. The highest BCUT2D eigenvalue weighted by molar-refractivity contribution is 7.46. The number of hydrogen-bond acceptors (Lipinski definition) is 2. The summed E-state index contributed by atoms with van der Waals surface area (Å²) in [5.74, 6) is 0. The van der Waals surface area contributed by atoms with Gasteiger partial charge < -0.3 is 14.3 Å². The van der Waals surface area contributed by atoms with Gasteiger partial charge in [-0.25, -0.2) is 4.57 Å². The number of likely N-dealkylation sites (N-methyl/N-ethyl adjacent to an activating group) is 1. The number of hydrogen-bond donors (Lipinski definition) is 2. The van der Waals surface area contributed by atoms with Crippen LogP contribution in [0.4, 0.5) is 0 Å². The molecule has 0 aliphatic carbocycles. The maximum atomic E-state index is 11.2. The van der Waals surface area contributed by atoms with Crippen molar-refractivity contribution in [3.8, 4) is 0 Å². The molecule has 0 amide bonds. The Hall–Kier alpha value is -0.190. The van der Waals surface area contributed by atoms with Crippen LogP contribution in [0.1, 0.15) is 103 Å². The Kier molecular flexibility index (Phi) is 17.4. The molecule has 6 heteroatoms. The minimum atomic E-state index is -4.42. The Balaban J connectivity index is 3.60. The van der Waals surface area contributed by atoms with Gasteiger partial charge in [0.05, 0.1) is 21.1 Å². The smallest absolute Gasteiger partial charge is 0.329 e. The number of allylic oxidation sites excluding steroid dienone is 2. The second-order valence-corrected chi connectivity index (χ2v) is 10.6. The molecule has 0 fully saturated rings. The number of phosphoric ester groups is 1. The third kappa shape index (κ3) is 24.0. The fourth-order valence-electron chi connectivity index (χ4n) is 3.60. The van der Waals surface area contributed by atoms with Gasteiger partial charge in [-0.15, -0.1) is 0 Å². The molecule has 0 radical (unpaired) electrons. The Bertz CT molecular complexity index is 443. The summed E-state index contributed by atoms with van der Waals surface area (Å²) in [6.07, 6.45) is 22.7. The average Bonchev–Trinajstić information content (AvgIpc) is 2.58. The summed E-state index contributed by atoms with van der Waals surface area (Å²) in [4.78, 5) is 18.2. The molecular weight excluding hydrogens is 385 g/mol. The summed E-state index contributed by atoms with van der Waals surface area (Å²) in [5, 5.41) is 0. The van der Waals surface area contributed by atoms with E-state index in [0.717, 1.165) is 12.8 Å². The summed E-state index contributed by atoms with van der Waals surface area (Å²) >= 11 is 0. The van der Waals surface area contributed by atoms with Crippen molar-refractivity contribution in [2.75, 3.05) is 27.7 Å². The highest BCUT2D eigenvalue weighted by Gasteiger charge is 2.26. The molecule has 174 valence electrons. The topological polar surface area (TPSA) is 66.8 Å². The Morgan fingerprint density at radius 1 is 0.793 bits per heavy atom. The first-order valence-corrected chi connectivity index (χ1v) is 13.4. The second-order valence-electron chi connectivity index (χ2n) is 9.42. The second kappa shape index (κ2) is 17.5. The molecule has 0 saturated carbocycles. The molecule has 0 heterocycles. The van der Waals surface area contributed by atoms with Gasteiger partial charge in [0.1, 0.15) is 12.6 Å². The third-order valence-electron chi connectivity index (χ3n) is 5.08. The third-order valence-corrected chi connectivity index (χ3v) is 5.65. The van der Waals surface area contributed by atoms with E-state index in [9.17, 15) is 4.57 Å². The van der Waals surface area contributed by atoms with E-state index in [2.05, 4.69) is 19.1 Å². The SMILES string of the molecule is CCCCCCCC/C=C\CCCCCCCCC(C[N+](C)(C)C)OP(=O)(O)O. The van der Waals surface area contributed by atoms with E-state index >= 15 is 0 Å². The maximum Gasteiger partial charge on any atom is 0.470 e. The van der Waals surface area contributed by atoms with Crippen molar-refractivity contribution in [2.45, 2.75) is 109 Å². The van der Waals surface area contributed by atoms with Crippen LogP contribution in [0.5, 0.6) is 0 Å². The number of phosphoric acid groups is 1. The summed E-state index contributed by atoms with van der Waals surface area (Å²) < 4.78 is 16.8. The molecular formula is C23H49NO4P+. The molecule has 5 nitrogen and oxygen atoms in total. The minimum Gasteiger partial charge on any atom is -0.329 e. The van der Waals surface area contributed by atoms with Crippen molar-refractivity contribution in [2.24, 2.45) is 0 Å². The van der Waals surface area contributed by atoms with Gasteiger partial charge in [-0.2, -0.15) is 0 Å². The van der Waals surface area contributed by atoms with Crippen molar-refractivity contribution in [1.29, 1.82) is 0 Å². The van der Waals surface area contributed by atoms with Gasteiger partial charge in [-0.3, -0.25) is 4.52 Å². The summed E-state index contributed by atoms with van der Waals surface area (Å²) in [7, 11) is 1.62. The molecule has 0 aromatic heterocycles. The quantitative estimate of drug-likeness (QED) is 0.0980. The highest BCUT2D eigenvalue weighted by atomic mass is 31.2. The Morgan fingerprint density at radius 2 is 1.24 bits per heavy atom. The predicted molar refractivity (Wildman–Crippen MR) is 124 cm³/mol. The monoisotopic (exact) mass is 434 g/mol. The number of quaternary nitrogens is 1. The molecule has 0 saturated heterocycles. The van der Waals surface area contributed by atoms with E-state index in [-0.39, 0.29) is 6.10 Å². The molecule has 0 spiro atoms. The lowest BCUT2D eigenvalue weighted by Gasteiger charge is -2.29. The van der Waals surface area contributed by atoms with Gasteiger partial charge >= 0.3 is 7.82 Å². The lowest BCUT2D eigenvalue weighted by atomic mass is 10.1. The fraction of sp³-hybridized carbons (Fsp3) is 0.913. The Morgan fingerprint density at radius 3 is 1.69 bits per heavy atom. The van der Waals surface area contributed by atoms with E-state index in [1.54, 1.807) is 0 Å². The van der Waals surface area contributed by atoms with Crippen LogP contribution >= 0.6 is 7.82 Å². The zero-order valence-electron chi connectivity index (χ0n) is 19.7. The zero-order chi connectivity index (χ0) is 22.0. The molecule has 0 aromatic rings. The standard InChI is InChI=1S/C23H48NO4P/c1-5-6-7-8-9-10-11-12-13-14-15-16-17-18-19-20-21-23(22-24(2,3)4)28-29(25,26)27/h12-13,23H,5-11,14-22H2,1-4H3,(H-,25,26,27)/p+1/b13-12-. The van der Waals surface area contributed by atoms with Gasteiger partial charge in [0.2, 0.25) is 0 Å². The van der Waals surface area contributed by atoms with Gasteiger partial charge in [-0.1, -0.05) is 83.3 Å². The van der Waals surface area contributed by atoms with Crippen molar-refractivity contribution in [3.63, 3.8) is 0 Å². The van der Waals surface area contributed by atoms with Crippen LogP contribution in [0.15, 0.2) is 12.2 Å². The van der Waals surface area contributed by atoms with Crippen molar-refractivity contribution in [1.82, 2.24) is 0 Å². The summed E-state index contributed by atoms with van der Waals surface area (Å²) in [6.45, 7) is 2.87. The zero-order valence-corrected chi connectivity index (χ0v) is 20.5. The molecule has 0 bridgehead atoms. The lowest BCUT2D eigenvalue weighted by molar-refractivity contribution is -0.873. The largest absolute Gasteiger partial charge is 0.470 e. The highest BCUT2D eigenvalue weighted by Crippen LogP contribution is 2.39. The molecule has 1 unspecified atom stereocenters. The molecule has 0 aliphatic rings. The van der Waals surface area contributed by atoms with Crippen LogP contribution in [0.2, 0.25) is 0 Å². The van der Waals surface area contributed by atoms with Gasteiger partial charge in [0.15, 0.2) is 0 Å². The van der Waals surface area contributed by atoms with E-state index in [0.29, 0.717) is 17.4 Å². The Labute approximate surface area is 180 Å². The predicted octanol–water partition coefficient (Wildman–Crippen LogP) is 6.60. The van der Waals surface area contributed by atoms with Crippen molar-refractivity contribution < 1.29 is 23.4 Å². The van der Waals surface area contributed by atoms with Crippen molar-refractivity contribution in [3.05, 3.63) is 12.2 Å². The molecule has 2 N–H and O–H groups in total. The minimum absolute atomic E-state index is 0.382. The van der Waals surface area contributed by atoms with E-state index in [1.807, 2.05) is 21.1 Å². The first kappa shape index (κ1) is 28.8. The van der Waals surface area contributed by atoms with Crippen molar-refractivity contribution >= 4 is 7.82 Å². The van der Waals surface area contributed by atoms with E-state index < -0.39 is 7.82 Å². The fourth-order valence-corrected chi connectivity index (χ4v) is 4.16. The number of nitrogens with zero attached hydrogens (tertiary/aromatic N) is 1. The van der Waals surface area contributed by atoms with Gasteiger partial charge in [-0.05, 0) is 32.1 Å². The maximum absolute atomic E-state index is 11.2. The van der Waals surface area contributed by atoms with E-state index in [1.165, 1.54) is 77.0 Å². The van der Waals surface area contributed by atoms with Crippen LogP contribution < -0.4 is 0 Å². The first-order chi connectivity index (χ1) is 13.6. The normalized spacial score (nSPS) is 14.0. The molecule has 1 atom stereocenters. The van der Waals surface area contributed by atoms with Crippen LogP contribution in [0, 0.1) is 0 Å². The summed E-state index contributed by atoms with van der Waals surface area (Å²) in [5.41, 5.74) is 0. The number of rotatable bonds is 20. The number of unbranched alkanes of at least 4 members (excludes halogenated alkanes) is 12. The molecule has 0 aromatic carbocycles. The van der Waals surface area contributed by atoms with Gasteiger partial charge in [0, 0.05) is 0 Å². The molecule has 0 rings (SSSR count). The summed E-state index contributed by atoms with van der Waals surface area (Å²) in [6, 6.07) is 0. The van der Waals surface area contributed by atoms with E-state index in [4.69, 9.17) is 14.3 Å². The molecule has 0 aliphatic heterocycles. The van der Waals surface area contributed by atoms with Crippen LogP contribution in [-0.2, 0) is 9.09 Å². The average molecular weight is 435 g/mol. The lowest BCUT2D eigenvalue weighted by Crippen LogP contribution is -2.42. The van der Waals surface area contributed by atoms with Crippen LogP contribution in [0.25, 0.3) is 0 Å². The van der Waals surface area contributed by atoms with Crippen LogP contribution in [0.3, 0.4) is 0 Å². The van der Waals surface area contributed by atoms with Crippen LogP contribution in [-0.4, -0.2) is 48.1 Å². The first-order valence-electron chi connectivity index (χ1n) is 11.8.